The first-order valence-electron chi connectivity index (χ1n) is 7.33. The third-order valence-electron chi connectivity index (χ3n) is 3.18. The van der Waals surface area contributed by atoms with Crippen LogP contribution in [0, 0.1) is 0 Å². The molecule has 5 nitrogen and oxygen atoms in total. The molecule has 0 aromatic heterocycles. The minimum Gasteiger partial charge on any atom is -0.457 e. The predicted molar refractivity (Wildman–Crippen MR) is 87.8 cm³/mol. The van der Waals surface area contributed by atoms with Gasteiger partial charge in [-0.15, -0.1) is 0 Å². The molecular weight excluding hydrogens is 294 g/mol. The number of methoxy groups -OCH3 is 1. The Kier molecular flexibility index (Phi) is 5.73. The third-order valence-corrected chi connectivity index (χ3v) is 3.18. The van der Waals surface area contributed by atoms with Gasteiger partial charge < -0.3 is 19.9 Å². The number of amides is 1. The van der Waals surface area contributed by atoms with Crippen LogP contribution in [-0.4, -0.2) is 36.9 Å². The topological polar surface area (TPSA) is 67.8 Å². The molecule has 0 aliphatic rings. The zero-order valence-corrected chi connectivity index (χ0v) is 13.3. The van der Waals surface area contributed by atoms with Crippen LogP contribution < -0.4 is 10.1 Å². The average molecular weight is 315 g/mol. The second-order valence-corrected chi connectivity index (χ2v) is 5.55. The van der Waals surface area contributed by atoms with Crippen LogP contribution in [0.2, 0.25) is 0 Å². The highest BCUT2D eigenvalue weighted by atomic mass is 16.5. The lowest BCUT2D eigenvalue weighted by atomic mass is 10.1. The van der Waals surface area contributed by atoms with Crippen LogP contribution in [0.15, 0.2) is 54.6 Å². The van der Waals surface area contributed by atoms with Crippen molar-refractivity contribution in [3.05, 3.63) is 60.2 Å². The molecule has 0 bridgehead atoms. The first-order chi connectivity index (χ1) is 11.0. The third kappa shape index (κ3) is 5.39. The molecule has 5 heteroatoms. The number of hydrogen-bond donors (Lipinski definition) is 2. The van der Waals surface area contributed by atoms with Gasteiger partial charge in [-0.2, -0.15) is 0 Å². The van der Waals surface area contributed by atoms with Crippen molar-refractivity contribution in [3.63, 3.8) is 0 Å². The number of ether oxygens (including phenoxy) is 2. The Morgan fingerprint density at radius 1 is 1.09 bits per heavy atom. The molecule has 2 N–H and O–H groups in total. The van der Waals surface area contributed by atoms with Crippen molar-refractivity contribution in [2.75, 3.05) is 20.3 Å². The van der Waals surface area contributed by atoms with Gasteiger partial charge >= 0.3 is 0 Å². The number of nitrogens with one attached hydrogen (secondary N) is 1. The van der Waals surface area contributed by atoms with E-state index in [1.165, 1.54) is 7.11 Å². The van der Waals surface area contributed by atoms with E-state index in [4.69, 9.17) is 9.47 Å². The molecule has 0 aliphatic carbocycles. The Morgan fingerprint density at radius 2 is 1.70 bits per heavy atom. The molecule has 2 aromatic carbocycles. The van der Waals surface area contributed by atoms with Crippen molar-refractivity contribution in [1.82, 2.24) is 5.32 Å². The van der Waals surface area contributed by atoms with Crippen LogP contribution in [0.3, 0.4) is 0 Å². The fourth-order valence-electron chi connectivity index (χ4n) is 2.03. The summed E-state index contributed by atoms with van der Waals surface area (Å²) in [4.78, 5) is 12.1. The molecule has 1 amide bonds. The van der Waals surface area contributed by atoms with E-state index in [9.17, 15) is 9.90 Å². The Hall–Kier alpha value is -2.37. The monoisotopic (exact) mass is 315 g/mol. The average Bonchev–Trinajstić information content (AvgIpc) is 2.54. The maximum absolute atomic E-state index is 12.1. The molecule has 122 valence electrons. The van der Waals surface area contributed by atoms with E-state index in [0.29, 0.717) is 11.3 Å². The van der Waals surface area contributed by atoms with E-state index in [1.54, 1.807) is 31.2 Å². The highest BCUT2D eigenvalue weighted by Gasteiger charge is 2.21. The number of benzene rings is 2. The van der Waals surface area contributed by atoms with Crippen LogP contribution in [0.4, 0.5) is 0 Å². The number of carbonyl (C=O) groups excluding carboxylic acids is 1. The number of para-hydroxylation sites is 1. The fourth-order valence-corrected chi connectivity index (χ4v) is 2.03. The van der Waals surface area contributed by atoms with Gasteiger partial charge in [-0.05, 0) is 43.3 Å². The van der Waals surface area contributed by atoms with Gasteiger partial charge in [0.25, 0.3) is 5.91 Å². The SMILES string of the molecule is COCC(C)(O)CNC(=O)c1ccc(Oc2ccccc2)cc1. The smallest absolute Gasteiger partial charge is 0.251 e. The maximum atomic E-state index is 12.1. The van der Waals surface area contributed by atoms with Crippen LogP contribution in [0.5, 0.6) is 11.5 Å². The van der Waals surface area contributed by atoms with Gasteiger partial charge in [0, 0.05) is 19.2 Å². The lowest BCUT2D eigenvalue weighted by molar-refractivity contribution is -0.0147. The zero-order valence-electron chi connectivity index (χ0n) is 13.3. The molecular formula is C18H21NO4. The molecule has 2 rings (SSSR count). The van der Waals surface area contributed by atoms with Gasteiger partial charge in [0.05, 0.1) is 6.61 Å². The van der Waals surface area contributed by atoms with Gasteiger partial charge in [0.2, 0.25) is 0 Å². The maximum Gasteiger partial charge on any atom is 0.251 e. The second kappa shape index (κ2) is 7.76. The van der Waals surface area contributed by atoms with E-state index in [1.807, 2.05) is 30.3 Å². The van der Waals surface area contributed by atoms with Gasteiger partial charge in [-0.3, -0.25) is 4.79 Å². The molecule has 0 saturated heterocycles. The van der Waals surface area contributed by atoms with E-state index in [2.05, 4.69) is 5.32 Å². The van der Waals surface area contributed by atoms with E-state index < -0.39 is 5.60 Å². The van der Waals surface area contributed by atoms with E-state index >= 15 is 0 Å². The van der Waals surface area contributed by atoms with Gasteiger partial charge in [-0.25, -0.2) is 0 Å². The van der Waals surface area contributed by atoms with Crippen molar-refractivity contribution in [2.24, 2.45) is 0 Å². The zero-order chi connectivity index (χ0) is 16.7. The van der Waals surface area contributed by atoms with Crippen LogP contribution in [0.1, 0.15) is 17.3 Å². The number of carbonyl (C=O) groups is 1. The lowest BCUT2D eigenvalue weighted by Gasteiger charge is -2.22. The largest absolute Gasteiger partial charge is 0.457 e. The van der Waals surface area contributed by atoms with E-state index in [-0.39, 0.29) is 19.1 Å². The molecule has 23 heavy (non-hydrogen) atoms. The predicted octanol–water partition coefficient (Wildman–Crippen LogP) is 2.61. The Morgan fingerprint density at radius 3 is 2.30 bits per heavy atom. The summed E-state index contributed by atoms with van der Waals surface area (Å²) in [6, 6.07) is 16.2. The van der Waals surface area contributed by atoms with Crippen LogP contribution in [-0.2, 0) is 4.74 Å². The van der Waals surface area contributed by atoms with E-state index in [0.717, 1.165) is 5.75 Å². The number of hydrogen-bond acceptors (Lipinski definition) is 4. The van der Waals surface area contributed by atoms with Crippen molar-refractivity contribution in [2.45, 2.75) is 12.5 Å². The number of aliphatic hydroxyl groups is 1. The highest BCUT2D eigenvalue weighted by molar-refractivity contribution is 5.94. The summed E-state index contributed by atoms with van der Waals surface area (Å²) in [7, 11) is 1.50. The fraction of sp³-hybridized carbons (Fsp3) is 0.278. The summed E-state index contributed by atoms with van der Waals surface area (Å²) in [5, 5.41) is 12.6. The molecule has 0 aliphatic heterocycles. The highest BCUT2D eigenvalue weighted by Crippen LogP contribution is 2.21. The molecule has 1 atom stereocenters. The number of rotatable bonds is 7. The quantitative estimate of drug-likeness (QED) is 0.824. The Bertz CT molecular complexity index is 623. The molecule has 0 spiro atoms. The summed E-state index contributed by atoms with van der Waals surface area (Å²) in [5.41, 5.74) is -0.598. The van der Waals surface area contributed by atoms with Gasteiger partial charge in [0.15, 0.2) is 0 Å². The first-order valence-corrected chi connectivity index (χ1v) is 7.33. The lowest BCUT2D eigenvalue weighted by Crippen LogP contribution is -2.43. The molecule has 0 saturated carbocycles. The minimum absolute atomic E-state index is 0.113. The van der Waals surface area contributed by atoms with Gasteiger partial charge in [-0.1, -0.05) is 18.2 Å². The molecule has 0 heterocycles. The van der Waals surface area contributed by atoms with Crippen molar-refractivity contribution in [3.8, 4) is 11.5 Å². The van der Waals surface area contributed by atoms with Crippen molar-refractivity contribution >= 4 is 5.91 Å². The van der Waals surface area contributed by atoms with Crippen molar-refractivity contribution in [1.29, 1.82) is 0 Å². The summed E-state index contributed by atoms with van der Waals surface area (Å²) >= 11 is 0. The Balaban J connectivity index is 1.92. The Labute approximate surface area is 135 Å². The summed E-state index contributed by atoms with van der Waals surface area (Å²) in [6.45, 7) is 1.87. The van der Waals surface area contributed by atoms with Crippen LogP contribution in [0.25, 0.3) is 0 Å². The normalized spacial score (nSPS) is 13.2. The second-order valence-electron chi connectivity index (χ2n) is 5.55. The first kappa shape index (κ1) is 17.0. The molecule has 1 unspecified atom stereocenters. The van der Waals surface area contributed by atoms with Gasteiger partial charge in [0.1, 0.15) is 17.1 Å². The molecule has 2 aromatic rings. The summed E-state index contributed by atoms with van der Waals surface area (Å²) < 4.78 is 10.6. The molecule has 0 fully saturated rings. The molecule has 0 radical (unpaired) electrons. The summed E-state index contributed by atoms with van der Waals surface area (Å²) in [5.74, 6) is 1.13. The van der Waals surface area contributed by atoms with Crippen molar-refractivity contribution < 1.29 is 19.4 Å². The van der Waals surface area contributed by atoms with Crippen LogP contribution >= 0.6 is 0 Å². The standard InChI is InChI=1S/C18H21NO4/c1-18(21,13-22-2)12-19-17(20)14-8-10-16(11-9-14)23-15-6-4-3-5-7-15/h3-11,21H,12-13H2,1-2H3,(H,19,20). The minimum atomic E-state index is -1.10. The summed E-state index contributed by atoms with van der Waals surface area (Å²) in [6.07, 6.45) is 0.